The number of nitrogens with one attached hydrogen (secondary N) is 1. The Morgan fingerprint density at radius 2 is 1.94 bits per heavy atom. The molecule has 1 aromatic carbocycles. The highest BCUT2D eigenvalue weighted by atomic mass is 16.5. The van der Waals surface area contributed by atoms with Gasteiger partial charge in [-0.1, -0.05) is 0 Å². The van der Waals surface area contributed by atoms with E-state index in [2.05, 4.69) is 5.32 Å². The molecule has 0 saturated carbocycles. The molecule has 4 heteroatoms. The molecule has 1 aliphatic heterocycles. The van der Waals surface area contributed by atoms with Crippen molar-refractivity contribution in [1.82, 2.24) is 5.32 Å². The van der Waals surface area contributed by atoms with Crippen molar-refractivity contribution in [1.29, 1.82) is 0 Å². The van der Waals surface area contributed by atoms with Crippen LogP contribution in [0.2, 0.25) is 0 Å². The molecular weight excluding hydrogens is 230 g/mol. The zero-order valence-electron chi connectivity index (χ0n) is 10.6. The second-order valence-electron chi connectivity index (χ2n) is 4.31. The average molecular weight is 249 g/mol. The summed E-state index contributed by atoms with van der Waals surface area (Å²) in [5.41, 5.74) is 0.564. The van der Waals surface area contributed by atoms with Gasteiger partial charge in [-0.05, 0) is 57.1 Å². The van der Waals surface area contributed by atoms with E-state index in [1.165, 1.54) is 0 Å². The summed E-state index contributed by atoms with van der Waals surface area (Å²) in [6.07, 6.45) is 2.33. The van der Waals surface area contributed by atoms with Crippen LogP contribution in [0, 0.1) is 0 Å². The molecule has 1 saturated heterocycles. The molecule has 0 atom stereocenters. The van der Waals surface area contributed by atoms with Crippen LogP contribution >= 0.6 is 0 Å². The SMILES string of the molecule is CCOC(=O)c1ccc(OC2CCNCC2)cc1. The fourth-order valence-electron chi connectivity index (χ4n) is 1.99. The van der Waals surface area contributed by atoms with E-state index in [0.717, 1.165) is 31.7 Å². The molecule has 98 valence electrons. The molecule has 18 heavy (non-hydrogen) atoms. The standard InChI is InChI=1S/C14H19NO3/c1-2-17-14(16)11-3-5-12(6-4-11)18-13-7-9-15-10-8-13/h3-6,13,15H,2,7-10H2,1H3. The first-order chi connectivity index (χ1) is 8.79. The smallest absolute Gasteiger partial charge is 0.338 e. The third kappa shape index (κ3) is 3.47. The van der Waals surface area contributed by atoms with Gasteiger partial charge in [0.2, 0.25) is 0 Å². The van der Waals surface area contributed by atoms with E-state index in [9.17, 15) is 4.79 Å². The largest absolute Gasteiger partial charge is 0.490 e. The van der Waals surface area contributed by atoms with Gasteiger partial charge in [0.15, 0.2) is 0 Å². The number of carbonyl (C=O) groups is 1. The van der Waals surface area contributed by atoms with Crippen LogP contribution < -0.4 is 10.1 Å². The highest BCUT2D eigenvalue weighted by Gasteiger charge is 2.14. The Kier molecular flexibility index (Phi) is 4.59. The third-order valence-electron chi connectivity index (χ3n) is 2.95. The van der Waals surface area contributed by atoms with E-state index in [-0.39, 0.29) is 12.1 Å². The molecule has 0 aromatic heterocycles. The maximum absolute atomic E-state index is 11.5. The van der Waals surface area contributed by atoms with Gasteiger partial charge in [-0.15, -0.1) is 0 Å². The van der Waals surface area contributed by atoms with Crippen LogP contribution in [0.1, 0.15) is 30.1 Å². The molecule has 1 N–H and O–H groups in total. The van der Waals surface area contributed by atoms with E-state index in [1.54, 1.807) is 19.1 Å². The minimum absolute atomic E-state index is 0.277. The molecule has 0 bridgehead atoms. The van der Waals surface area contributed by atoms with Crippen molar-refractivity contribution in [3.05, 3.63) is 29.8 Å². The Bertz CT molecular complexity index is 383. The Labute approximate surface area is 107 Å². The number of esters is 1. The van der Waals surface area contributed by atoms with E-state index < -0.39 is 0 Å². The van der Waals surface area contributed by atoms with Gasteiger partial charge in [0.1, 0.15) is 11.9 Å². The van der Waals surface area contributed by atoms with Gasteiger partial charge in [-0.2, -0.15) is 0 Å². The van der Waals surface area contributed by atoms with Gasteiger partial charge in [0.25, 0.3) is 0 Å². The molecule has 0 radical (unpaired) electrons. The molecule has 1 aliphatic rings. The molecule has 0 unspecified atom stereocenters. The molecule has 0 spiro atoms. The maximum Gasteiger partial charge on any atom is 0.338 e. The summed E-state index contributed by atoms with van der Waals surface area (Å²) in [6, 6.07) is 7.14. The van der Waals surface area contributed by atoms with Crippen molar-refractivity contribution < 1.29 is 14.3 Å². The number of rotatable bonds is 4. The van der Waals surface area contributed by atoms with Crippen LogP contribution in [-0.4, -0.2) is 31.8 Å². The molecule has 1 heterocycles. The van der Waals surface area contributed by atoms with Crippen molar-refractivity contribution in [3.63, 3.8) is 0 Å². The summed E-state index contributed by atoms with van der Waals surface area (Å²) in [5, 5.41) is 3.30. The van der Waals surface area contributed by atoms with Gasteiger partial charge in [0.05, 0.1) is 12.2 Å². The Hall–Kier alpha value is -1.55. The summed E-state index contributed by atoms with van der Waals surface area (Å²) < 4.78 is 10.8. The maximum atomic E-state index is 11.5. The minimum atomic E-state index is -0.286. The lowest BCUT2D eigenvalue weighted by Gasteiger charge is -2.23. The Balaban J connectivity index is 1.92. The van der Waals surface area contributed by atoms with Crippen LogP contribution in [0.25, 0.3) is 0 Å². The number of ether oxygens (including phenoxy) is 2. The predicted octanol–water partition coefficient (Wildman–Crippen LogP) is 1.99. The number of hydrogen-bond acceptors (Lipinski definition) is 4. The van der Waals surface area contributed by atoms with E-state index in [0.29, 0.717) is 12.2 Å². The first kappa shape index (κ1) is 12.9. The normalized spacial score (nSPS) is 16.3. The average Bonchev–Trinajstić information content (AvgIpc) is 2.41. The van der Waals surface area contributed by atoms with Crippen LogP contribution in [0.3, 0.4) is 0 Å². The number of carbonyl (C=O) groups excluding carboxylic acids is 1. The summed E-state index contributed by atoms with van der Waals surface area (Å²) in [6.45, 7) is 4.20. The van der Waals surface area contributed by atoms with Crippen molar-refractivity contribution in [2.45, 2.75) is 25.9 Å². The molecule has 1 fully saturated rings. The summed E-state index contributed by atoms with van der Waals surface area (Å²) in [4.78, 5) is 11.5. The van der Waals surface area contributed by atoms with Crippen molar-refractivity contribution in [2.75, 3.05) is 19.7 Å². The van der Waals surface area contributed by atoms with Crippen LogP contribution in [-0.2, 0) is 4.74 Å². The highest BCUT2D eigenvalue weighted by molar-refractivity contribution is 5.89. The monoisotopic (exact) mass is 249 g/mol. The van der Waals surface area contributed by atoms with Crippen molar-refractivity contribution >= 4 is 5.97 Å². The van der Waals surface area contributed by atoms with Crippen molar-refractivity contribution in [3.8, 4) is 5.75 Å². The van der Waals surface area contributed by atoms with E-state index >= 15 is 0 Å². The first-order valence-corrected chi connectivity index (χ1v) is 6.44. The van der Waals surface area contributed by atoms with Gasteiger partial charge in [0, 0.05) is 0 Å². The predicted molar refractivity (Wildman–Crippen MR) is 68.9 cm³/mol. The molecule has 1 aromatic rings. The quantitative estimate of drug-likeness (QED) is 0.829. The molecule has 0 amide bonds. The fraction of sp³-hybridized carbons (Fsp3) is 0.500. The van der Waals surface area contributed by atoms with Crippen molar-refractivity contribution in [2.24, 2.45) is 0 Å². The minimum Gasteiger partial charge on any atom is -0.490 e. The summed E-state index contributed by atoms with van der Waals surface area (Å²) in [5.74, 6) is 0.529. The lowest BCUT2D eigenvalue weighted by molar-refractivity contribution is 0.0526. The second kappa shape index (κ2) is 6.40. The summed E-state index contributed by atoms with van der Waals surface area (Å²) in [7, 11) is 0. The van der Waals surface area contributed by atoms with Crippen LogP contribution in [0.4, 0.5) is 0 Å². The number of piperidine rings is 1. The first-order valence-electron chi connectivity index (χ1n) is 6.44. The zero-order chi connectivity index (χ0) is 12.8. The molecule has 4 nitrogen and oxygen atoms in total. The zero-order valence-corrected chi connectivity index (χ0v) is 10.6. The third-order valence-corrected chi connectivity index (χ3v) is 2.95. The fourth-order valence-corrected chi connectivity index (χ4v) is 1.99. The van der Waals surface area contributed by atoms with Gasteiger partial charge in [-0.25, -0.2) is 4.79 Å². The van der Waals surface area contributed by atoms with Gasteiger partial charge >= 0.3 is 5.97 Å². The van der Waals surface area contributed by atoms with Gasteiger partial charge in [-0.3, -0.25) is 0 Å². The highest BCUT2D eigenvalue weighted by Crippen LogP contribution is 2.17. The lowest BCUT2D eigenvalue weighted by Crippen LogP contribution is -2.34. The second-order valence-corrected chi connectivity index (χ2v) is 4.31. The van der Waals surface area contributed by atoms with Crippen LogP contribution in [0.5, 0.6) is 5.75 Å². The van der Waals surface area contributed by atoms with E-state index in [1.807, 2.05) is 12.1 Å². The number of benzene rings is 1. The topological polar surface area (TPSA) is 47.6 Å². The number of hydrogen-bond donors (Lipinski definition) is 1. The van der Waals surface area contributed by atoms with E-state index in [4.69, 9.17) is 9.47 Å². The summed E-state index contributed by atoms with van der Waals surface area (Å²) >= 11 is 0. The van der Waals surface area contributed by atoms with Crippen LogP contribution in [0.15, 0.2) is 24.3 Å². The lowest BCUT2D eigenvalue weighted by atomic mass is 10.1. The Morgan fingerprint density at radius 1 is 1.28 bits per heavy atom. The Morgan fingerprint density at radius 3 is 2.56 bits per heavy atom. The molecule has 2 rings (SSSR count). The molecular formula is C14H19NO3. The molecule has 0 aliphatic carbocycles. The van der Waals surface area contributed by atoms with Gasteiger partial charge < -0.3 is 14.8 Å².